The summed E-state index contributed by atoms with van der Waals surface area (Å²) in [6, 6.07) is 17.0. The van der Waals surface area contributed by atoms with Crippen molar-refractivity contribution < 1.29 is 33.3 Å². The van der Waals surface area contributed by atoms with E-state index in [9.17, 15) is 14.7 Å². The highest BCUT2D eigenvalue weighted by molar-refractivity contribution is 5.87. The molecule has 0 radical (unpaired) electrons. The summed E-state index contributed by atoms with van der Waals surface area (Å²) in [5.74, 6) is -1.37. The first-order valence-electron chi connectivity index (χ1n) is 14.1. The van der Waals surface area contributed by atoms with Crippen molar-refractivity contribution in [3.8, 4) is 28.0 Å². The van der Waals surface area contributed by atoms with Crippen LogP contribution in [0.4, 0.5) is 4.39 Å². The highest BCUT2D eigenvalue weighted by Gasteiger charge is 2.20. The van der Waals surface area contributed by atoms with Crippen LogP contribution in [-0.4, -0.2) is 43.5 Å². The lowest BCUT2D eigenvalue weighted by Crippen LogP contribution is -2.13. The Morgan fingerprint density at radius 1 is 0.786 bits per heavy atom. The van der Waals surface area contributed by atoms with E-state index in [0.717, 1.165) is 22.3 Å². The van der Waals surface area contributed by atoms with Gasteiger partial charge in [0.25, 0.3) is 0 Å². The van der Waals surface area contributed by atoms with E-state index in [1.54, 1.807) is 19.9 Å². The molecule has 3 aromatic rings. The topological polar surface area (TPSA) is 82.1 Å². The number of rotatable bonds is 15. The van der Waals surface area contributed by atoms with E-state index >= 15 is 4.39 Å². The molecule has 3 aromatic carbocycles. The molecule has 3 rings (SSSR count). The molecular formula is C35H39FO6. The molecule has 0 amide bonds. The molecule has 222 valence electrons. The van der Waals surface area contributed by atoms with Crippen molar-refractivity contribution in [1.82, 2.24) is 0 Å². The van der Waals surface area contributed by atoms with Crippen molar-refractivity contribution in [2.75, 3.05) is 26.4 Å². The zero-order valence-electron chi connectivity index (χ0n) is 24.6. The molecule has 0 aliphatic rings. The van der Waals surface area contributed by atoms with E-state index < -0.39 is 17.8 Å². The molecule has 0 aliphatic heterocycles. The highest BCUT2D eigenvalue weighted by atomic mass is 19.1. The molecule has 0 saturated heterocycles. The van der Waals surface area contributed by atoms with Crippen LogP contribution in [0.5, 0.6) is 5.75 Å². The first-order valence-corrected chi connectivity index (χ1v) is 14.1. The van der Waals surface area contributed by atoms with Gasteiger partial charge in [0.15, 0.2) is 11.6 Å². The second-order valence-corrected chi connectivity index (χ2v) is 10.1. The van der Waals surface area contributed by atoms with Crippen LogP contribution in [0.1, 0.15) is 43.9 Å². The second-order valence-electron chi connectivity index (χ2n) is 10.1. The van der Waals surface area contributed by atoms with Gasteiger partial charge in [-0.15, -0.1) is 0 Å². The minimum atomic E-state index is -0.533. The molecule has 0 aliphatic carbocycles. The maximum atomic E-state index is 16.2. The lowest BCUT2D eigenvalue weighted by atomic mass is 9.92. The summed E-state index contributed by atoms with van der Waals surface area (Å²) in [6.45, 7) is 12.6. The van der Waals surface area contributed by atoms with Crippen LogP contribution in [0.2, 0.25) is 0 Å². The number of carbonyl (C=O) groups excluding carboxylic acids is 2. The molecular weight excluding hydrogens is 535 g/mol. The number of halogens is 1. The molecule has 0 spiro atoms. The Morgan fingerprint density at radius 3 is 2.00 bits per heavy atom. The van der Waals surface area contributed by atoms with Gasteiger partial charge in [-0.05, 0) is 73.4 Å². The Balaban J connectivity index is 1.88. The molecule has 0 aromatic heterocycles. The molecule has 0 heterocycles. The summed E-state index contributed by atoms with van der Waals surface area (Å²) in [4.78, 5) is 23.3. The molecule has 0 atom stereocenters. The number of hydrogen-bond donors (Lipinski definition) is 1. The summed E-state index contributed by atoms with van der Waals surface area (Å²) < 4.78 is 32.5. The fourth-order valence-corrected chi connectivity index (χ4v) is 4.44. The van der Waals surface area contributed by atoms with E-state index in [2.05, 4.69) is 13.2 Å². The number of aliphatic hydroxyl groups excluding tert-OH is 1. The monoisotopic (exact) mass is 574 g/mol. The number of aliphatic hydroxyl groups is 1. The van der Waals surface area contributed by atoms with E-state index in [0.29, 0.717) is 54.6 Å². The minimum absolute atomic E-state index is 0.0364. The van der Waals surface area contributed by atoms with Crippen LogP contribution in [0, 0.1) is 5.82 Å². The number of hydrogen-bond acceptors (Lipinski definition) is 6. The average molecular weight is 575 g/mol. The molecule has 1 N–H and O–H groups in total. The van der Waals surface area contributed by atoms with E-state index in [1.807, 2.05) is 55.5 Å². The summed E-state index contributed by atoms with van der Waals surface area (Å²) in [7, 11) is 0. The van der Waals surface area contributed by atoms with Gasteiger partial charge in [-0.25, -0.2) is 14.0 Å². The maximum absolute atomic E-state index is 16.2. The quantitative estimate of drug-likeness (QED) is 0.122. The van der Waals surface area contributed by atoms with Gasteiger partial charge in [0, 0.05) is 28.9 Å². The number of esters is 2. The van der Waals surface area contributed by atoms with Crippen molar-refractivity contribution in [2.24, 2.45) is 0 Å². The summed E-state index contributed by atoms with van der Waals surface area (Å²) in [5, 5.41) is 9.36. The molecule has 42 heavy (non-hydrogen) atoms. The first-order chi connectivity index (χ1) is 20.2. The van der Waals surface area contributed by atoms with Gasteiger partial charge >= 0.3 is 11.9 Å². The summed E-state index contributed by atoms with van der Waals surface area (Å²) in [6.07, 6.45) is 2.61. The third kappa shape index (κ3) is 8.63. The predicted octanol–water partition coefficient (Wildman–Crippen LogP) is 6.81. The zero-order valence-corrected chi connectivity index (χ0v) is 24.6. The van der Waals surface area contributed by atoms with E-state index in [-0.39, 0.29) is 31.1 Å². The molecule has 0 saturated carbocycles. The van der Waals surface area contributed by atoms with Gasteiger partial charge < -0.3 is 19.3 Å². The zero-order chi connectivity index (χ0) is 30.6. The van der Waals surface area contributed by atoms with Crippen LogP contribution in [-0.2, 0) is 38.3 Å². The van der Waals surface area contributed by atoms with E-state index in [4.69, 9.17) is 14.2 Å². The Hall–Kier alpha value is -4.23. The lowest BCUT2D eigenvalue weighted by Gasteiger charge is -2.18. The Labute approximate surface area is 247 Å². The average Bonchev–Trinajstić information content (AvgIpc) is 2.98. The summed E-state index contributed by atoms with van der Waals surface area (Å²) in [5.41, 5.74) is 6.17. The SMILES string of the molecule is C=C(C)C(=O)OCCCc1ccc(-c2ccc(-c3ccc(CCO)cc3CC)c(OCCOC(=O)C(=C)C)c2F)cc1. The minimum Gasteiger partial charge on any atom is -0.486 e. The van der Waals surface area contributed by atoms with Crippen molar-refractivity contribution in [2.45, 2.75) is 46.5 Å². The van der Waals surface area contributed by atoms with Gasteiger partial charge in [0.2, 0.25) is 0 Å². The molecule has 0 bridgehead atoms. The Bertz CT molecular complexity index is 1420. The number of carbonyl (C=O) groups is 2. The number of aryl methyl sites for hydroxylation is 2. The maximum Gasteiger partial charge on any atom is 0.333 e. The number of benzene rings is 3. The van der Waals surface area contributed by atoms with Crippen molar-refractivity contribution in [3.05, 3.63) is 101 Å². The van der Waals surface area contributed by atoms with Crippen molar-refractivity contribution in [3.63, 3.8) is 0 Å². The van der Waals surface area contributed by atoms with Crippen molar-refractivity contribution >= 4 is 11.9 Å². The van der Waals surface area contributed by atoms with Crippen LogP contribution in [0.15, 0.2) is 78.9 Å². The number of ether oxygens (including phenoxy) is 3. The Morgan fingerprint density at radius 2 is 1.38 bits per heavy atom. The van der Waals surface area contributed by atoms with Gasteiger partial charge in [-0.3, -0.25) is 0 Å². The standard InChI is InChI=1S/C35H39FO6/c1-6-27-22-26(17-18-37)11-14-29(27)31-16-15-30(32(36)33(31)40-20-21-42-35(39)24(4)5)28-12-9-25(10-13-28)8-7-19-41-34(38)23(2)3/h9-16,22,37H,2,4,6-8,17-21H2,1,3,5H3. The fraction of sp³-hybridized carbons (Fsp3) is 0.314. The largest absolute Gasteiger partial charge is 0.486 e. The van der Waals surface area contributed by atoms with Gasteiger partial charge in [-0.2, -0.15) is 0 Å². The fourth-order valence-electron chi connectivity index (χ4n) is 4.44. The lowest BCUT2D eigenvalue weighted by molar-refractivity contribution is -0.140. The second kappa shape index (κ2) is 15.7. The van der Waals surface area contributed by atoms with Gasteiger partial charge in [0.05, 0.1) is 6.61 Å². The smallest absolute Gasteiger partial charge is 0.333 e. The van der Waals surface area contributed by atoms with Crippen LogP contribution in [0.3, 0.4) is 0 Å². The van der Waals surface area contributed by atoms with Crippen molar-refractivity contribution in [1.29, 1.82) is 0 Å². The third-order valence-corrected chi connectivity index (χ3v) is 6.71. The van der Waals surface area contributed by atoms with Crippen LogP contribution >= 0.6 is 0 Å². The van der Waals surface area contributed by atoms with Crippen LogP contribution in [0.25, 0.3) is 22.3 Å². The normalized spacial score (nSPS) is 10.7. The van der Waals surface area contributed by atoms with Gasteiger partial charge in [0.1, 0.15) is 13.2 Å². The molecule has 0 unspecified atom stereocenters. The molecule has 6 nitrogen and oxygen atoms in total. The highest BCUT2D eigenvalue weighted by Crippen LogP contribution is 2.40. The predicted molar refractivity (Wildman–Crippen MR) is 163 cm³/mol. The van der Waals surface area contributed by atoms with E-state index in [1.165, 1.54) is 0 Å². The third-order valence-electron chi connectivity index (χ3n) is 6.71. The molecule has 7 heteroatoms. The summed E-state index contributed by atoms with van der Waals surface area (Å²) >= 11 is 0. The van der Waals surface area contributed by atoms with Crippen LogP contribution < -0.4 is 4.74 Å². The first kappa shape index (κ1) is 32.3. The molecule has 0 fully saturated rings. The van der Waals surface area contributed by atoms with Gasteiger partial charge in [-0.1, -0.05) is 68.6 Å². The Kier molecular flexibility index (Phi) is 12.1.